The summed E-state index contributed by atoms with van der Waals surface area (Å²) in [6.45, 7) is 3.65. The summed E-state index contributed by atoms with van der Waals surface area (Å²) >= 11 is 0. The van der Waals surface area contributed by atoms with E-state index in [1.807, 2.05) is 19.9 Å². The Hall–Kier alpha value is -1.51. The Morgan fingerprint density at radius 3 is 2.71 bits per heavy atom. The lowest BCUT2D eigenvalue weighted by atomic mass is 10.0. The topological polar surface area (TPSA) is 38.3 Å². The molecule has 1 aliphatic rings. The van der Waals surface area contributed by atoms with Crippen LogP contribution in [0, 0.1) is 0 Å². The zero-order valence-corrected chi connectivity index (χ0v) is 10.7. The lowest BCUT2D eigenvalue weighted by Crippen LogP contribution is -2.41. The van der Waals surface area contributed by atoms with Crippen LogP contribution >= 0.6 is 0 Å². The van der Waals surface area contributed by atoms with Crippen molar-refractivity contribution >= 4 is 11.7 Å². The largest absolute Gasteiger partial charge is 0.467 e. The fraction of sp³-hybridized carbons (Fsp3) is 0.500. The molecular formula is C14H19NO2. The number of anilines is 1. The van der Waals surface area contributed by atoms with Crippen molar-refractivity contribution in [3.8, 4) is 0 Å². The van der Waals surface area contributed by atoms with Crippen molar-refractivity contribution in [2.75, 3.05) is 12.4 Å². The van der Waals surface area contributed by atoms with Gasteiger partial charge in [0.15, 0.2) is 0 Å². The highest BCUT2D eigenvalue weighted by Gasteiger charge is 2.28. The van der Waals surface area contributed by atoms with Crippen molar-refractivity contribution < 1.29 is 9.53 Å². The third-order valence-corrected chi connectivity index (χ3v) is 3.25. The summed E-state index contributed by atoms with van der Waals surface area (Å²) in [7, 11) is 1.41. The number of methoxy groups -OCH3 is 1. The van der Waals surface area contributed by atoms with Crippen LogP contribution in [-0.2, 0) is 22.4 Å². The van der Waals surface area contributed by atoms with Crippen LogP contribution < -0.4 is 5.32 Å². The van der Waals surface area contributed by atoms with Gasteiger partial charge >= 0.3 is 5.97 Å². The molecule has 1 aromatic rings. The molecule has 0 unspecified atom stereocenters. The molecule has 0 heterocycles. The third kappa shape index (κ3) is 2.43. The van der Waals surface area contributed by atoms with Crippen LogP contribution in [-0.4, -0.2) is 18.6 Å². The molecule has 0 aromatic heterocycles. The molecule has 0 saturated carbocycles. The number of fused-ring (bicyclic) bond motifs is 1. The maximum absolute atomic E-state index is 11.6. The molecular weight excluding hydrogens is 214 g/mol. The summed E-state index contributed by atoms with van der Waals surface area (Å²) < 4.78 is 4.78. The van der Waals surface area contributed by atoms with Crippen molar-refractivity contribution in [3.63, 3.8) is 0 Å². The second-order valence-electron chi connectivity index (χ2n) is 5.08. The molecule has 0 saturated heterocycles. The third-order valence-electron chi connectivity index (χ3n) is 3.25. The van der Waals surface area contributed by atoms with Gasteiger partial charge in [-0.3, -0.25) is 0 Å². The molecule has 0 radical (unpaired) electrons. The summed E-state index contributed by atoms with van der Waals surface area (Å²) in [5.74, 6) is -0.252. The molecule has 1 aliphatic carbocycles. The molecule has 1 N–H and O–H groups in total. The molecule has 92 valence electrons. The van der Waals surface area contributed by atoms with Crippen molar-refractivity contribution in [1.82, 2.24) is 0 Å². The Morgan fingerprint density at radius 1 is 1.29 bits per heavy atom. The lowest BCUT2D eigenvalue weighted by molar-refractivity contribution is -0.144. The minimum atomic E-state index is -0.693. The molecule has 0 fully saturated rings. The predicted octanol–water partition coefficient (Wildman–Crippen LogP) is 2.54. The standard InChI is InChI=1S/C14H19NO2/c1-14(2,13(16)17-3)15-12-8-7-10-5-4-6-11(10)9-12/h7-9,15H,4-6H2,1-3H3. The quantitative estimate of drug-likeness (QED) is 0.815. The maximum atomic E-state index is 11.6. The number of carbonyl (C=O) groups excluding carboxylic acids is 1. The Kier molecular flexibility index (Phi) is 3.09. The number of benzene rings is 1. The number of nitrogens with one attached hydrogen (secondary N) is 1. The lowest BCUT2D eigenvalue weighted by Gasteiger charge is -2.24. The zero-order valence-electron chi connectivity index (χ0n) is 10.7. The van der Waals surface area contributed by atoms with Gasteiger partial charge in [-0.15, -0.1) is 0 Å². The molecule has 0 spiro atoms. The van der Waals surface area contributed by atoms with Gasteiger partial charge in [0.25, 0.3) is 0 Å². The van der Waals surface area contributed by atoms with Crippen LogP contribution in [0.2, 0.25) is 0 Å². The van der Waals surface area contributed by atoms with Crippen LogP contribution in [0.5, 0.6) is 0 Å². The van der Waals surface area contributed by atoms with Crippen LogP contribution in [0.1, 0.15) is 31.4 Å². The van der Waals surface area contributed by atoms with E-state index >= 15 is 0 Å². The van der Waals surface area contributed by atoms with E-state index in [1.165, 1.54) is 31.1 Å². The Balaban J connectivity index is 2.16. The van der Waals surface area contributed by atoms with Crippen LogP contribution in [0.25, 0.3) is 0 Å². The van der Waals surface area contributed by atoms with Gasteiger partial charge in [-0.1, -0.05) is 6.07 Å². The monoisotopic (exact) mass is 233 g/mol. The van der Waals surface area contributed by atoms with Gasteiger partial charge in [0, 0.05) is 5.69 Å². The van der Waals surface area contributed by atoms with E-state index in [-0.39, 0.29) is 5.97 Å². The van der Waals surface area contributed by atoms with Crippen LogP contribution in [0.4, 0.5) is 5.69 Å². The van der Waals surface area contributed by atoms with Gasteiger partial charge in [0.05, 0.1) is 7.11 Å². The van der Waals surface area contributed by atoms with Gasteiger partial charge < -0.3 is 10.1 Å². The van der Waals surface area contributed by atoms with Gasteiger partial charge in [-0.25, -0.2) is 4.79 Å². The highest BCUT2D eigenvalue weighted by molar-refractivity contribution is 5.83. The molecule has 0 amide bonds. The highest BCUT2D eigenvalue weighted by atomic mass is 16.5. The summed E-state index contributed by atoms with van der Waals surface area (Å²) in [5.41, 5.74) is 3.13. The summed E-state index contributed by atoms with van der Waals surface area (Å²) in [6, 6.07) is 6.33. The van der Waals surface area contributed by atoms with Crippen molar-refractivity contribution in [2.45, 2.75) is 38.6 Å². The van der Waals surface area contributed by atoms with E-state index in [0.717, 1.165) is 12.1 Å². The number of hydrogen-bond donors (Lipinski definition) is 1. The van der Waals surface area contributed by atoms with Crippen molar-refractivity contribution in [2.24, 2.45) is 0 Å². The Morgan fingerprint density at radius 2 is 2.00 bits per heavy atom. The average Bonchev–Trinajstić information content (AvgIpc) is 2.74. The van der Waals surface area contributed by atoms with Gasteiger partial charge in [-0.05, 0) is 56.4 Å². The van der Waals surface area contributed by atoms with E-state index in [0.29, 0.717) is 0 Å². The van der Waals surface area contributed by atoms with E-state index in [1.54, 1.807) is 0 Å². The fourth-order valence-electron chi connectivity index (χ4n) is 2.32. The summed E-state index contributed by atoms with van der Waals surface area (Å²) in [5, 5.41) is 3.22. The predicted molar refractivity (Wildman–Crippen MR) is 68.2 cm³/mol. The number of carbonyl (C=O) groups is 1. The number of aryl methyl sites for hydroxylation is 2. The highest BCUT2D eigenvalue weighted by Crippen LogP contribution is 2.26. The number of rotatable bonds is 3. The average molecular weight is 233 g/mol. The Labute approximate surface area is 102 Å². The van der Waals surface area contributed by atoms with Crippen molar-refractivity contribution in [1.29, 1.82) is 0 Å². The van der Waals surface area contributed by atoms with Crippen molar-refractivity contribution in [3.05, 3.63) is 29.3 Å². The molecule has 0 aliphatic heterocycles. The van der Waals surface area contributed by atoms with E-state index < -0.39 is 5.54 Å². The summed E-state index contributed by atoms with van der Waals surface area (Å²) in [6.07, 6.45) is 3.55. The van der Waals surface area contributed by atoms with E-state index in [9.17, 15) is 4.79 Å². The number of ether oxygens (including phenoxy) is 1. The van der Waals surface area contributed by atoms with Gasteiger partial charge in [0.2, 0.25) is 0 Å². The van der Waals surface area contributed by atoms with Crippen LogP contribution in [0.15, 0.2) is 18.2 Å². The molecule has 3 heteroatoms. The van der Waals surface area contributed by atoms with Gasteiger partial charge in [-0.2, -0.15) is 0 Å². The minimum Gasteiger partial charge on any atom is -0.467 e. The number of hydrogen-bond acceptors (Lipinski definition) is 3. The fourth-order valence-corrected chi connectivity index (χ4v) is 2.32. The first-order valence-electron chi connectivity index (χ1n) is 6.01. The molecule has 3 nitrogen and oxygen atoms in total. The molecule has 0 bridgehead atoms. The molecule has 2 rings (SSSR count). The van der Waals surface area contributed by atoms with Gasteiger partial charge in [0.1, 0.15) is 5.54 Å². The van der Waals surface area contributed by atoms with E-state index in [4.69, 9.17) is 4.74 Å². The normalized spacial score (nSPS) is 14.3. The first-order chi connectivity index (χ1) is 8.03. The summed E-state index contributed by atoms with van der Waals surface area (Å²) in [4.78, 5) is 11.6. The van der Waals surface area contributed by atoms with Crippen LogP contribution in [0.3, 0.4) is 0 Å². The zero-order chi connectivity index (χ0) is 12.5. The molecule has 0 atom stereocenters. The number of esters is 1. The second-order valence-corrected chi connectivity index (χ2v) is 5.08. The second kappa shape index (κ2) is 4.40. The smallest absolute Gasteiger partial charge is 0.330 e. The van der Waals surface area contributed by atoms with E-state index in [2.05, 4.69) is 17.4 Å². The minimum absolute atomic E-state index is 0.252. The SMILES string of the molecule is COC(=O)C(C)(C)Nc1ccc2c(c1)CCC2. The maximum Gasteiger partial charge on any atom is 0.330 e. The Bertz CT molecular complexity index is 438. The first-order valence-corrected chi connectivity index (χ1v) is 6.01. The molecule has 1 aromatic carbocycles. The molecule has 17 heavy (non-hydrogen) atoms. The first kappa shape index (κ1) is 12.0.